The van der Waals surface area contributed by atoms with Crippen molar-refractivity contribution in [3.05, 3.63) is 17.8 Å². The molecule has 0 unspecified atom stereocenters. The molecule has 0 fully saturated rings. The maximum atomic E-state index is 10.8. The summed E-state index contributed by atoms with van der Waals surface area (Å²) in [6.07, 6.45) is 2.87. The van der Waals surface area contributed by atoms with Gasteiger partial charge in [-0.25, -0.2) is 9.78 Å². The van der Waals surface area contributed by atoms with Gasteiger partial charge in [0.15, 0.2) is 11.5 Å². The van der Waals surface area contributed by atoms with Gasteiger partial charge >= 0.3 is 5.97 Å². The number of carboxylic acids is 1. The summed E-state index contributed by atoms with van der Waals surface area (Å²) in [5, 5.41) is 12.6. The van der Waals surface area contributed by atoms with Crippen molar-refractivity contribution in [1.82, 2.24) is 20.1 Å². The Morgan fingerprint density at radius 2 is 2.44 bits per heavy atom. The van der Waals surface area contributed by atoms with Crippen LogP contribution >= 0.6 is 0 Å². The monoisotopic (exact) mass is 222 g/mol. The molecule has 0 saturated carbocycles. The molecule has 0 aliphatic heterocycles. The van der Waals surface area contributed by atoms with Gasteiger partial charge in [-0.1, -0.05) is 12.1 Å². The number of aryl methyl sites for hydroxylation is 1. The summed E-state index contributed by atoms with van der Waals surface area (Å²) in [5.74, 6) is -0.423. The van der Waals surface area contributed by atoms with Crippen LogP contribution in [-0.4, -0.2) is 31.2 Å². The molecule has 2 rings (SSSR count). The third kappa shape index (κ3) is 1.79. The van der Waals surface area contributed by atoms with E-state index in [1.54, 1.807) is 0 Å². The van der Waals surface area contributed by atoms with Crippen LogP contribution in [0.3, 0.4) is 0 Å². The summed E-state index contributed by atoms with van der Waals surface area (Å²) in [5.41, 5.74) is 0.119. The van der Waals surface area contributed by atoms with Crippen molar-refractivity contribution in [2.75, 3.05) is 0 Å². The van der Waals surface area contributed by atoms with Crippen molar-refractivity contribution in [1.29, 1.82) is 0 Å². The number of hydrogen-bond acceptors (Lipinski definition) is 5. The molecule has 0 amide bonds. The Bertz CT molecular complexity index is 502. The molecule has 2 aromatic heterocycles. The summed E-state index contributed by atoms with van der Waals surface area (Å²) >= 11 is 0. The lowest BCUT2D eigenvalue weighted by Crippen LogP contribution is -1.99. The minimum absolute atomic E-state index is 0.119. The van der Waals surface area contributed by atoms with E-state index < -0.39 is 5.97 Å². The Labute approximate surface area is 90.5 Å². The van der Waals surface area contributed by atoms with Crippen LogP contribution in [0.25, 0.3) is 11.6 Å². The maximum absolute atomic E-state index is 10.8. The molecule has 0 bridgehead atoms. The molecule has 0 atom stereocenters. The number of carbonyl (C=O) groups is 1. The van der Waals surface area contributed by atoms with Crippen LogP contribution in [0.2, 0.25) is 0 Å². The van der Waals surface area contributed by atoms with Crippen molar-refractivity contribution in [2.24, 2.45) is 0 Å². The number of aromatic carboxylic acids is 1. The van der Waals surface area contributed by atoms with Crippen LogP contribution in [0, 0.1) is 0 Å². The SMILES string of the molecule is CCCc1noc(-c2[nH]cnc2C(=O)O)n1. The number of carboxylic acid groups (broad SMARTS) is 1. The van der Waals surface area contributed by atoms with E-state index in [-0.39, 0.29) is 17.3 Å². The Balaban J connectivity index is 2.35. The third-order valence-electron chi connectivity index (χ3n) is 2.00. The number of aromatic nitrogens is 4. The molecule has 84 valence electrons. The molecule has 0 spiro atoms. The third-order valence-corrected chi connectivity index (χ3v) is 2.00. The van der Waals surface area contributed by atoms with E-state index in [0.29, 0.717) is 12.2 Å². The predicted octanol–water partition coefficient (Wildman–Crippen LogP) is 1.11. The zero-order valence-electron chi connectivity index (χ0n) is 8.60. The highest BCUT2D eigenvalue weighted by atomic mass is 16.5. The molecule has 0 saturated heterocycles. The minimum atomic E-state index is -1.13. The van der Waals surface area contributed by atoms with Gasteiger partial charge in [0, 0.05) is 6.42 Å². The van der Waals surface area contributed by atoms with Gasteiger partial charge in [0.1, 0.15) is 5.69 Å². The smallest absolute Gasteiger partial charge is 0.356 e. The summed E-state index contributed by atoms with van der Waals surface area (Å²) < 4.78 is 4.96. The van der Waals surface area contributed by atoms with Gasteiger partial charge in [-0.3, -0.25) is 0 Å². The summed E-state index contributed by atoms with van der Waals surface area (Å²) in [7, 11) is 0. The number of imidazole rings is 1. The Morgan fingerprint density at radius 1 is 1.62 bits per heavy atom. The van der Waals surface area contributed by atoms with Crippen LogP contribution in [0.1, 0.15) is 29.7 Å². The van der Waals surface area contributed by atoms with E-state index in [1.165, 1.54) is 6.33 Å². The lowest BCUT2D eigenvalue weighted by molar-refractivity contribution is 0.0691. The molecule has 0 radical (unpaired) electrons. The Kier molecular flexibility index (Phi) is 2.67. The Morgan fingerprint density at radius 3 is 3.12 bits per heavy atom. The first-order chi connectivity index (χ1) is 7.72. The van der Waals surface area contributed by atoms with Crippen LogP contribution in [0.5, 0.6) is 0 Å². The first-order valence-electron chi connectivity index (χ1n) is 4.82. The number of aromatic amines is 1. The second-order valence-corrected chi connectivity index (χ2v) is 3.20. The highest BCUT2D eigenvalue weighted by Gasteiger charge is 2.19. The van der Waals surface area contributed by atoms with Crippen molar-refractivity contribution in [3.63, 3.8) is 0 Å². The number of H-pyrrole nitrogens is 1. The number of nitrogens with zero attached hydrogens (tertiary/aromatic N) is 3. The highest BCUT2D eigenvalue weighted by molar-refractivity contribution is 5.91. The molecule has 0 aliphatic rings. The van der Waals surface area contributed by atoms with Gasteiger partial charge in [0.05, 0.1) is 6.33 Å². The van der Waals surface area contributed by atoms with E-state index >= 15 is 0 Å². The Hall–Kier alpha value is -2.18. The largest absolute Gasteiger partial charge is 0.476 e. The molecule has 2 heterocycles. The van der Waals surface area contributed by atoms with Crippen molar-refractivity contribution < 1.29 is 14.4 Å². The van der Waals surface area contributed by atoms with E-state index in [1.807, 2.05) is 6.92 Å². The average molecular weight is 222 g/mol. The summed E-state index contributed by atoms with van der Waals surface area (Å²) in [6.45, 7) is 1.99. The summed E-state index contributed by atoms with van der Waals surface area (Å²) in [4.78, 5) is 21.2. The number of hydrogen-bond donors (Lipinski definition) is 2. The average Bonchev–Trinajstić information content (AvgIpc) is 2.83. The minimum Gasteiger partial charge on any atom is -0.476 e. The van der Waals surface area contributed by atoms with Gasteiger partial charge in [-0.15, -0.1) is 0 Å². The van der Waals surface area contributed by atoms with Gasteiger partial charge in [0.2, 0.25) is 0 Å². The molecule has 7 heteroatoms. The summed E-state index contributed by atoms with van der Waals surface area (Å²) in [6, 6.07) is 0. The fourth-order valence-electron chi connectivity index (χ4n) is 1.30. The van der Waals surface area contributed by atoms with Crippen LogP contribution in [0.4, 0.5) is 0 Å². The predicted molar refractivity (Wildman–Crippen MR) is 52.8 cm³/mol. The molecule has 16 heavy (non-hydrogen) atoms. The topological polar surface area (TPSA) is 105 Å². The van der Waals surface area contributed by atoms with E-state index in [0.717, 1.165) is 6.42 Å². The second-order valence-electron chi connectivity index (χ2n) is 3.20. The van der Waals surface area contributed by atoms with E-state index in [9.17, 15) is 4.79 Å². The molecule has 2 aromatic rings. The van der Waals surface area contributed by atoms with Crippen molar-refractivity contribution >= 4 is 5.97 Å². The molecule has 0 aliphatic carbocycles. The second kappa shape index (κ2) is 4.13. The molecule has 0 aromatic carbocycles. The van der Waals surface area contributed by atoms with Gasteiger partial charge in [-0.2, -0.15) is 4.98 Å². The molecular formula is C9H10N4O3. The van der Waals surface area contributed by atoms with E-state index in [4.69, 9.17) is 9.63 Å². The zero-order chi connectivity index (χ0) is 11.5. The van der Waals surface area contributed by atoms with E-state index in [2.05, 4.69) is 20.1 Å². The van der Waals surface area contributed by atoms with Crippen molar-refractivity contribution in [2.45, 2.75) is 19.8 Å². The molecule has 2 N–H and O–H groups in total. The van der Waals surface area contributed by atoms with Crippen LogP contribution in [-0.2, 0) is 6.42 Å². The van der Waals surface area contributed by atoms with Crippen LogP contribution in [0.15, 0.2) is 10.9 Å². The molecular weight excluding hydrogens is 212 g/mol. The zero-order valence-corrected chi connectivity index (χ0v) is 8.60. The first-order valence-corrected chi connectivity index (χ1v) is 4.82. The van der Waals surface area contributed by atoms with Gasteiger partial charge in [0.25, 0.3) is 5.89 Å². The standard InChI is InChI=1S/C9H10N4O3/c1-2-3-5-12-8(16-13-5)6-7(9(14)15)11-4-10-6/h4H,2-3H2,1H3,(H,10,11)(H,14,15). The quantitative estimate of drug-likeness (QED) is 0.802. The normalized spacial score (nSPS) is 10.6. The lowest BCUT2D eigenvalue weighted by Gasteiger charge is -1.90. The number of rotatable bonds is 4. The van der Waals surface area contributed by atoms with Gasteiger partial charge < -0.3 is 14.6 Å². The fourth-order valence-corrected chi connectivity index (χ4v) is 1.30. The highest BCUT2D eigenvalue weighted by Crippen LogP contribution is 2.18. The molecule has 7 nitrogen and oxygen atoms in total. The van der Waals surface area contributed by atoms with Crippen molar-refractivity contribution in [3.8, 4) is 11.6 Å². The maximum Gasteiger partial charge on any atom is 0.356 e. The lowest BCUT2D eigenvalue weighted by atomic mass is 10.3. The van der Waals surface area contributed by atoms with Crippen LogP contribution < -0.4 is 0 Å². The first kappa shape index (κ1) is 10.3. The number of nitrogens with one attached hydrogen (secondary N) is 1. The fraction of sp³-hybridized carbons (Fsp3) is 0.333. The van der Waals surface area contributed by atoms with Gasteiger partial charge in [-0.05, 0) is 6.42 Å².